The minimum absolute atomic E-state index is 0.234. The second-order valence-electron chi connectivity index (χ2n) is 6.20. The van der Waals surface area contributed by atoms with Crippen molar-refractivity contribution in [1.29, 1.82) is 0 Å². The van der Waals surface area contributed by atoms with E-state index in [1.165, 1.54) is 6.08 Å². The molecule has 1 aromatic heterocycles. The van der Waals surface area contributed by atoms with Gasteiger partial charge in [0.2, 0.25) is 0 Å². The summed E-state index contributed by atoms with van der Waals surface area (Å²) in [5.74, 6) is -0.234. The van der Waals surface area contributed by atoms with E-state index >= 15 is 0 Å². The van der Waals surface area contributed by atoms with Gasteiger partial charge in [-0.15, -0.1) is 0 Å². The Hall–Kier alpha value is -2.89. The van der Waals surface area contributed by atoms with Crippen LogP contribution in [0.3, 0.4) is 0 Å². The highest BCUT2D eigenvalue weighted by molar-refractivity contribution is 6.00. The predicted octanol–water partition coefficient (Wildman–Crippen LogP) is 1.91. The first-order chi connectivity index (χ1) is 11.4. The summed E-state index contributed by atoms with van der Waals surface area (Å²) in [6, 6.07) is 8.62. The van der Waals surface area contributed by atoms with Crippen molar-refractivity contribution in [2.45, 2.75) is 32.2 Å². The molecule has 0 saturated heterocycles. The lowest BCUT2D eigenvalue weighted by Gasteiger charge is -2.34. The number of nitrogens with one attached hydrogen (secondary N) is 1. The average Bonchev–Trinajstić information content (AvgIpc) is 2.83. The standard InChI is InChI=1S/C18H19N3O3/c1-12(2)18(10-9-13(3)11-15(18)22)21-17(24)20(16(23)19-21)14-7-5-4-6-8-14/h4-8,11H,1,9-10H2,2-3H3,(H,19,23). The second kappa shape index (κ2) is 5.63. The molecule has 0 fully saturated rings. The maximum Gasteiger partial charge on any atom is 0.352 e. The largest absolute Gasteiger partial charge is 0.352 e. The van der Waals surface area contributed by atoms with Crippen LogP contribution in [0.2, 0.25) is 0 Å². The van der Waals surface area contributed by atoms with E-state index in [4.69, 9.17) is 0 Å². The normalized spacial score (nSPS) is 20.8. The Balaban J connectivity index is 2.27. The molecule has 6 nitrogen and oxygen atoms in total. The molecule has 1 N–H and O–H groups in total. The maximum absolute atomic E-state index is 12.9. The van der Waals surface area contributed by atoms with E-state index in [9.17, 15) is 14.4 Å². The summed E-state index contributed by atoms with van der Waals surface area (Å²) in [6.07, 6.45) is 2.59. The number of aromatic nitrogens is 3. The van der Waals surface area contributed by atoms with Gasteiger partial charge in [-0.2, -0.15) is 0 Å². The highest BCUT2D eigenvalue weighted by atomic mass is 16.2. The van der Waals surface area contributed by atoms with Crippen molar-refractivity contribution in [2.75, 3.05) is 0 Å². The minimum Gasteiger partial charge on any atom is -0.292 e. The molecule has 1 aliphatic rings. The monoisotopic (exact) mass is 325 g/mol. The first-order valence-corrected chi connectivity index (χ1v) is 7.75. The summed E-state index contributed by atoms with van der Waals surface area (Å²) < 4.78 is 2.17. The summed E-state index contributed by atoms with van der Waals surface area (Å²) in [7, 11) is 0. The third-order valence-corrected chi connectivity index (χ3v) is 4.56. The molecule has 1 aliphatic carbocycles. The van der Waals surface area contributed by atoms with E-state index in [-0.39, 0.29) is 5.78 Å². The number of hydrogen-bond donors (Lipinski definition) is 1. The summed E-state index contributed by atoms with van der Waals surface area (Å²) in [6.45, 7) is 7.50. The van der Waals surface area contributed by atoms with Gasteiger partial charge in [-0.05, 0) is 50.5 Å². The van der Waals surface area contributed by atoms with Crippen LogP contribution in [0.15, 0.2) is 63.7 Å². The molecular weight excluding hydrogens is 306 g/mol. The zero-order chi connectivity index (χ0) is 17.5. The number of carbonyl (C=O) groups excluding carboxylic acids is 1. The number of aromatic amines is 1. The zero-order valence-electron chi connectivity index (χ0n) is 13.7. The maximum atomic E-state index is 12.9. The smallest absolute Gasteiger partial charge is 0.292 e. The molecule has 0 radical (unpaired) electrons. The molecule has 1 aromatic carbocycles. The van der Waals surface area contributed by atoms with Crippen LogP contribution in [0.4, 0.5) is 0 Å². The van der Waals surface area contributed by atoms with Gasteiger partial charge in [0.25, 0.3) is 0 Å². The molecular formula is C18H19N3O3. The van der Waals surface area contributed by atoms with Gasteiger partial charge in [-0.3, -0.25) is 4.79 Å². The topological polar surface area (TPSA) is 76.9 Å². The van der Waals surface area contributed by atoms with Gasteiger partial charge in [0, 0.05) is 0 Å². The summed E-state index contributed by atoms with van der Waals surface area (Å²) in [5.41, 5.74) is -0.458. The van der Waals surface area contributed by atoms with Crippen LogP contribution < -0.4 is 11.4 Å². The van der Waals surface area contributed by atoms with Gasteiger partial charge in [0.05, 0.1) is 5.69 Å². The Kier molecular flexibility index (Phi) is 3.75. The molecule has 3 rings (SSSR count). The average molecular weight is 325 g/mol. The number of para-hydroxylation sites is 1. The molecule has 0 spiro atoms. The molecule has 0 saturated carbocycles. The molecule has 1 atom stereocenters. The number of benzene rings is 1. The van der Waals surface area contributed by atoms with Crippen molar-refractivity contribution >= 4 is 5.78 Å². The fourth-order valence-corrected chi connectivity index (χ4v) is 3.20. The number of hydrogen-bond acceptors (Lipinski definition) is 3. The van der Waals surface area contributed by atoms with Crippen LogP contribution in [0, 0.1) is 0 Å². The summed E-state index contributed by atoms with van der Waals surface area (Å²) >= 11 is 0. The van der Waals surface area contributed by atoms with Crippen molar-refractivity contribution in [3.05, 3.63) is 75.1 Å². The fourth-order valence-electron chi connectivity index (χ4n) is 3.20. The number of ketones is 1. The molecule has 6 heteroatoms. The molecule has 0 amide bonds. The Morgan fingerprint density at radius 3 is 2.46 bits per heavy atom. The Bertz CT molecular complexity index is 959. The Labute approximate surface area is 138 Å². The van der Waals surface area contributed by atoms with E-state index in [1.54, 1.807) is 37.3 Å². The Morgan fingerprint density at radius 2 is 1.88 bits per heavy atom. The number of H-pyrrole nitrogens is 1. The van der Waals surface area contributed by atoms with E-state index < -0.39 is 16.9 Å². The summed E-state index contributed by atoms with van der Waals surface area (Å²) in [4.78, 5) is 38.0. The zero-order valence-corrected chi connectivity index (χ0v) is 13.7. The number of carbonyl (C=O) groups is 1. The van der Waals surface area contributed by atoms with Crippen LogP contribution in [-0.4, -0.2) is 20.1 Å². The van der Waals surface area contributed by atoms with Gasteiger partial charge in [0.15, 0.2) is 5.78 Å². The van der Waals surface area contributed by atoms with Crippen LogP contribution in [0.5, 0.6) is 0 Å². The third-order valence-electron chi connectivity index (χ3n) is 4.56. The van der Waals surface area contributed by atoms with E-state index in [0.717, 1.165) is 14.8 Å². The molecule has 1 heterocycles. The highest BCUT2D eigenvalue weighted by Crippen LogP contribution is 2.35. The van der Waals surface area contributed by atoms with Crippen molar-refractivity contribution in [3.8, 4) is 5.69 Å². The van der Waals surface area contributed by atoms with Crippen molar-refractivity contribution < 1.29 is 4.79 Å². The second-order valence-corrected chi connectivity index (χ2v) is 6.20. The lowest BCUT2D eigenvalue weighted by atomic mass is 9.77. The van der Waals surface area contributed by atoms with Crippen LogP contribution in [0.1, 0.15) is 26.7 Å². The van der Waals surface area contributed by atoms with Crippen LogP contribution >= 0.6 is 0 Å². The molecule has 1 unspecified atom stereocenters. The fraction of sp³-hybridized carbons (Fsp3) is 0.278. The summed E-state index contributed by atoms with van der Waals surface area (Å²) in [5, 5.41) is 2.55. The van der Waals surface area contributed by atoms with Crippen molar-refractivity contribution in [3.63, 3.8) is 0 Å². The lowest BCUT2D eigenvalue weighted by molar-refractivity contribution is -0.122. The van der Waals surface area contributed by atoms with Crippen LogP contribution in [0.25, 0.3) is 5.69 Å². The number of allylic oxidation sites excluding steroid dienone is 3. The van der Waals surface area contributed by atoms with Gasteiger partial charge in [0.1, 0.15) is 5.54 Å². The Morgan fingerprint density at radius 1 is 1.21 bits per heavy atom. The van der Waals surface area contributed by atoms with Crippen molar-refractivity contribution in [2.24, 2.45) is 0 Å². The number of nitrogens with zero attached hydrogens (tertiary/aromatic N) is 2. The molecule has 24 heavy (non-hydrogen) atoms. The first-order valence-electron chi connectivity index (χ1n) is 7.75. The van der Waals surface area contributed by atoms with Crippen molar-refractivity contribution in [1.82, 2.24) is 14.3 Å². The first kappa shape index (κ1) is 16.0. The van der Waals surface area contributed by atoms with E-state index in [1.807, 2.05) is 6.92 Å². The number of rotatable bonds is 3. The minimum atomic E-state index is -1.24. The molecule has 0 aliphatic heterocycles. The predicted molar refractivity (Wildman–Crippen MR) is 91.4 cm³/mol. The van der Waals surface area contributed by atoms with E-state index in [0.29, 0.717) is 24.1 Å². The quantitative estimate of drug-likeness (QED) is 0.876. The SMILES string of the molecule is C=C(C)C1(n2[nH]c(=O)n(-c3ccccc3)c2=O)CCC(C)=CC1=O. The van der Waals surface area contributed by atoms with Gasteiger partial charge in [-0.1, -0.05) is 30.4 Å². The van der Waals surface area contributed by atoms with Gasteiger partial charge in [-0.25, -0.2) is 23.9 Å². The lowest BCUT2D eigenvalue weighted by Crippen LogP contribution is -2.49. The molecule has 2 aromatic rings. The molecule has 124 valence electrons. The highest BCUT2D eigenvalue weighted by Gasteiger charge is 2.44. The third kappa shape index (κ3) is 2.22. The van der Waals surface area contributed by atoms with Gasteiger partial charge < -0.3 is 0 Å². The van der Waals surface area contributed by atoms with Crippen LogP contribution in [-0.2, 0) is 10.3 Å². The van der Waals surface area contributed by atoms with Gasteiger partial charge >= 0.3 is 11.4 Å². The molecule has 0 bridgehead atoms. The van der Waals surface area contributed by atoms with E-state index in [2.05, 4.69) is 11.7 Å².